The van der Waals surface area contributed by atoms with Crippen LogP contribution in [0.2, 0.25) is 0 Å². The summed E-state index contributed by atoms with van der Waals surface area (Å²) in [6.45, 7) is 2.83. The Hall–Kier alpha value is -1.03. The Kier molecular flexibility index (Phi) is 4.97. The van der Waals surface area contributed by atoms with Crippen molar-refractivity contribution in [1.82, 2.24) is 0 Å². The van der Waals surface area contributed by atoms with Crippen LogP contribution in [0.15, 0.2) is 24.3 Å². The number of nitrogens with two attached hydrogens (primary N) is 1. The van der Waals surface area contributed by atoms with E-state index < -0.39 is 11.7 Å². The first-order valence-electron chi connectivity index (χ1n) is 7.75. The van der Waals surface area contributed by atoms with Crippen LogP contribution in [0.1, 0.15) is 50.2 Å². The summed E-state index contributed by atoms with van der Waals surface area (Å²) in [6, 6.07) is 5.56. The molecule has 0 aromatic heterocycles. The van der Waals surface area contributed by atoms with Gasteiger partial charge in [-0.15, -0.1) is 0 Å². The van der Waals surface area contributed by atoms with Gasteiger partial charge < -0.3 is 5.73 Å². The van der Waals surface area contributed by atoms with E-state index in [2.05, 4.69) is 6.92 Å². The summed E-state index contributed by atoms with van der Waals surface area (Å²) >= 11 is 0. The Morgan fingerprint density at radius 2 is 1.71 bits per heavy atom. The standard InChI is InChI=1S/C17H24F3N/c1-2-13-7-9-16(12-21,10-8-13)11-14-3-5-15(6-4-14)17(18,19)20/h3-6,13H,2,7-12,21H2,1H3. The van der Waals surface area contributed by atoms with Crippen LogP contribution in [0.25, 0.3) is 0 Å². The molecule has 0 amide bonds. The zero-order valence-electron chi connectivity index (χ0n) is 12.5. The highest BCUT2D eigenvalue weighted by molar-refractivity contribution is 5.25. The van der Waals surface area contributed by atoms with E-state index in [1.807, 2.05) is 0 Å². The van der Waals surface area contributed by atoms with Gasteiger partial charge in [-0.3, -0.25) is 0 Å². The van der Waals surface area contributed by atoms with Crippen LogP contribution < -0.4 is 5.73 Å². The van der Waals surface area contributed by atoms with E-state index in [-0.39, 0.29) is 5.41 Å². The maximum atomic E-state index is 12.6. The van der Waals surface area contributed by atoms with Gasteiger partial charge in [-0.05, 0) is 67.7 Å². The first-order chi connectivity index (χ1) is 9.88. The number of halogens is 3. The normalized spacial score (nSPS) is 26.8. The molecule has 0 unspecified atom stereocenters. The van der Waals surface area contributed by atoms with Crippen molar-refractivity contribution < 1.29 is 13.2 Å². The topological polar surface area (TPSA) is 26.0 Å². The molecule has 21 heavy (non-hydrogen) atoms. The fourth-order valence-corrected chi connectivity index (χ4v) is 3.40. The maximum Gasteiger partial charge on any atom is 0.416 e. The first-order valence-corrected chi connectivity index (χ1v) is 7.75. The zero-order valence-corrected chi connectivity index (χ0v) is 12.5. The molecular formula is C17H24F3N. The van der Waals surface area contributed by atoms with Crippen molar-refractivity contribution in [2.24, 2.45) is 17.1 Å². The Morgan fingerprint density at radius 3 is 2.14 bits per heavy atom. The molecule has 1 aliphatic rings. The van der Waals surface area contributed by atoms with Crippen LogP contribution >= 0.6 is 0 Å². The Morgan fingerprint density at radius 1 is 1.14 bits per heavy atom. The van der Waals surface area contributed by atoms with Crippen LogP contribution in [0, 0.1) is 11.3 Å². The molecule has 0 aliphatic heterocycles. The van der Waals surface area contributed by atoms with Gasteiger partial charge in [0.25, 0.3) is 0 Å². The summed E-state index contributed by atoms with van der Waals surface area (Å²) < 4.78 is 37.7. The molecule has 118 valence electrons. The molecule has 0 bridgehead atoms. The average molecular weight is 299 g/mol. The average Bonchev–Trinajstić information content (AvgIpc) is 2.47. The van der Waals surface area contributed by atoms with Crippen molar-refractivity contribution in [2.75, 3.05) is 6.54 Å². The number of benzene rings is 1. The van der Waals surface area contributed by atoms with Gasteiger partial charge >= 0.3 is 6.18 Å². The van der Waals surface area contributed by atoms with E-state index in [4.69, 9.17) is 5.73 Å². The molecule has 2 rings (SSSR count). The minimum Gasteiger partial charge on any atom is -0.330 e. The minimum absolute atomic E-state index is 0.0748. The molecule has 4 heteroatoms. The second-order valence-corrected chi connectivity index (χ2v) is 6.43. The second-order valence-electron chi connectivity index (χ2n) is 6.43. The quantitative estimate of drug-likeness (QED) is 0.849. The molecule has 1 aromatic carbocycles. The Balaban J connectivity index is 2.05. The highest BCUT2D eigenvalue weighted by atomic mass is 19.4. The molecule has 0 atom stereocenters. The maximum absolute atomic E-state index is 12.6. The molecular weight excluding hydrogens is 275 g/mol. The van der Waals surface area contributed by atoms with Gasteiger partial charge in [-0.1, -0.05) is 25.5 Å². The second kappa shape index (κ2) is 6.39. The molecule has 1 fully saturated rings. The van der Waals surface area contributed by atoms with E-state index in [0.29, 0.717) is 6.54 Å². The number of hydrogen-bond donors (Lipinski definition) is 1. The third kappa shape index (κ3) is 4.00. The predicted molar refractivity (Wildman–Crippen MR) is 78.9 cm³/mol. The predicted octanol–water partition coefficient (Wildman–Crippen LogP) is 4.79. The van der Waals surface area contributed by atoms with E-state index in [1.165, 1.54) is 31.4 Å². The fraction of sp³-hybridized carbons (Fsp3) is 0.647. The summed E-state index contributed by atoms with van der Waals surface area (Å²) in [5, 5.41) is 0. The third-order valence-electron chi connectivity index (χ3n) is 5.04. The smallest absolute Gasteiger partial charge is 0.330 e. The SMILES string of the molecule is CCC1CCC(CN)(Cc2ccc(C(F)(F)F)cc2)CC1. The zero-order chi connectivity index (χ0) is 15.5. The summed E-state index contributed by atoms with van der Waals surface area (Å²) in [7, 11) is 0. The third-order valence-corrected chi connectivity index (χ3v) is 5.04. The molecule has 1 nitrogen and oxygen atoms in total. The van der Waals surface area contributed by atoms with Crippen molar-refractivity contribution in [2.45, 2.75) is 51.6 Å². The molecule has 1 aliphatic carbocycles. The highest BCUT2D eigenvalue weighted by Gasteiger charge is 2.34. The lowest BCUT2D eigenvalue weighted by atomic mass is 9.67. The lowest BCUT2D eigenvalue weighted by Gasteiger charge is -2.39. The van der Waals surface area contributed by atoms with Crippen molar-refractivity contribution >= 4 is 0 Å². The van der Waals surface area contributed by atoms with Crippen LogP contribution in [-0.2, 0) is 12.6 Å². The Labute approximate surface area is 124 Å². The van der Waals surface area contributed by atoms with Crippen LogP contribution in [0.3, 0.4) is 0 Å². The van der Waals surface area contributed by atoms with Crippen molar-refractivity contribution in [1.29, 1.82) is 0 Å². The number of rotatable bonds is 4. The first kappa shape index (κ1) is 16.3. The van der Waals surface area contributed by atoms with E-state index in [9.17, 15) is 13.2 Å². The molecule has 0 saturated heterocycles. The molecule has 0 spiro atoms. The molecule has 2 N–H and O–H groups in total. The summed E-state index contributed by atoms with van der Waals surface area (Å²) in [5.74, 6) is 0.789. The highest BCUT2D eigenvalue weighted by Crippen LogP contribution is 2.42. The summed E-state index contributed by atoms with van der Waals surface area (Å²) in [6.07, 6.45) is 2.29. The fourth-order valence-electron chi connectivity index (χ4n) is 3.40. The van der Waals surface area contributed by atoms with Crippen molar-refractivity contribution in [3.8, 4) is 0 Å². The minimum atomic E-state index is -4.26. The van der Waals surface area contributed by atoms with E-state index >= 15 is 0 Å². The molecule has 1 saturated carbocycles. The lowest BCUT2D eigenvalue weighted by molar-refractivity contribution is -0.137. The summed E-state index contributed by atoms with van der Waals surface area (Å²) in [4.78, 5) is 0. The van der Waals surface area contributed by atoms with Gasteiger partial charge in [0.15, 0.2) is 0 Å². The van der Waals surface area contributed by atoms with Gasteiger partial charge in [0, 0.05) is 0 Å². The molecule has 0 heterocycles. The number of hydrogen-bond acceptors (Lipinski definition) is 1. The van der Waals surface area contributed by atoms with E-state index in [0.717, 1.165) is 30.7 Å². The van der Waals surface area contributed by atoms with Crippen LogP contribution in [-0.4, -0.2) is 6.54 Å². The van der Waals surface area contributed by atoms with Crippen LogP contribution in [0.5, 0.6) is 0 Å². The van der Waals surface area contributed by atoms with Crippen molar-refractivity contribution in [3.05, 3.63) is 35.4 Å². The van der Waals surface area contributed by atoms with Gasteiger partial charge in [-0.2, -0.15) is 13.2 Å². The Bertz CT molecular complexity index is 442. The molecule has 1 aromatic rings. The van der Waals surface area contributed by atoms with Gasteiger partial charge in [-0.25, -0.2) is 0 Å². The van der Waals surface area contributed by atoms with E-state index in [1.54, 1.807) is 12.1 Å². The largest absolute Gasteiger partial charge is 0.416 e. The van der Waals surface area contributed by atoms with Crippen LogP contribution in [0.4, 0.5) is 13.2 Å². The van der Waals surface area contributed by atoms with Gasteiger partial charge in [0.2, 0.25) is 0 Å². The molecule has 0 radical (unpaired) electrons. The van der Waals surface area contributed by atoms with Crippen molar-refractivity contribution in [3.63, 3.8) is 0 Å². The van der Waals surface area contributed by atoms with Gasteiger partial charge in [0.1, 0.15) is 0 Å². The van der Waals surface area contributed by atoms with Gasteiger partial charge in [0.05, 0.1) is 5.56 Å². The summed E-state index contributed by atoms with van der Waals surface area (Å²) in [5.41, 5.74) is 6.45. The number of alkyl halides is 3. The monoisotopic (exact) mass is 299 g/mol. The lowest BCUT2D eigenvalue weighted by Crippen LogP contribution is -2.36.